The van der Waals surface area contributed by atoms with Crippen LogP contribution in [-0.2, 0) is 6.42 Å². The van der Waals surface area contributed by atoms with Gasteiger partial charge in [-0.1, -0.05) is 24.3 Å². The average molecular weight is 257 g/mol. The van der Waals surface area contributed by atoms with Crippen LogP contribution in [0.3, 0.4) is 0 Å². The lowest BCUT2D eigenvalue weighted by molar-refractivity contribution is 0.150. The molecule has 0 radical (unpaired) electrons. The van der Waals surface area contributed by atoms with Crippen LogP contribution in [0.25, 0.3) is 0 Å². The maximum atomic E-state index is 10.4. The molecule has 0 saturated carbocycles. The second-order valence-corrected chi connectivity index (χ2v) is 5.61. The predicted molar refractivity (Wildman–Crippen MR) is 73.9 cm³/mol. The van der Waals surface area contributed by atoms with Crippen LogP contribution in [0, 0.1) is 0 Å². The zero-order chi connectivity index (χ0) is 12.4. The molecular weight excluding hydrogens is 242 g/mol. The van der Waals surface area contributed by atoms with Gasteiger partial charge in [0.15, 0.2) is 0 Å². The number of aliphatic hydroxyl groups excluding tert-OH is 1. The molecule has 92 valence electrons. The molecule has 2 aromatic rings. The van der Waals surface area contributed by atoms with Crippen LogP contribution in [0.2, 0.25) is 0 Å². The highest BCUT2D eigenvalue weighted by Gasteiger charge is 2.29. The second kappa shape index (κ2) is 5.12. The van der Waals surface area contributed by atoms with Crippen molar-refractivity contribution >= 4 is 11.8 Å². The predicted octanol–water partition coefficient (Wildman–Crippen LogP) is 2.87. The number of thioether (sulfide) groups is 1. The van der Waals surface area contributed by atoms with Gasteiger partial charge in [0.05, 0.1) is 6.10 Å². The van der Waals surface area contributed by atoms with Gasteiger partial charge in [-0.15, -0.1) is 11.8 Å². The summed E-state index contributed by atoms with van der Waals surface area (Å²) in [5.41, 5.74) is 2.24. The third-order valence-corrected chi connectivity index (χ3v) is 4.55. The fraction of sp³-hybridized carbons (Fsp3) is 0.267. The molecule has 0 bridgehead atoms. The summed E-state index contributed by atoms with van der Waals surface area (Å²) in [6.45, 7) is 0. The first-order valence-electron chi connectivity index (χ1n) is 6.14. The number of hydrogen-bond acceptors (Lipinski definition) is 3. The molecular formula is C15H15NOS. The van der Waals surface area contributed by atoms with E-state index in [0.717, 1.165) is 11.4 Å². The van der Waals surface area contributed by atoms with Crippen molar-refractivity contribution in [3.8, 4) is 0 Å². The standard InChI is InChI=1S/C15H15NOS/c17-14(9-11-5-3-4-8-16-11)13-10-18-15-7-2-1-6-12(13)15/h1-8,13-14,17H,9-10H2. The third-order valence-electron chi connectivity index (χ3n) is 3.35. The summed E-state index contributed by atoms with van der Waals surface area (Å²) in [5, 5.41) is 10.4. The molecule has 2 unspecified atom stereocenters. The van der Waals surface area contributed by atoms with E-state index in [1.54, 1.807) is 6.20 Å². The minimum Gasteiger partial charge on any atom is -0.392 e. The Morgan fingerprint density at radius 1 is 1.22 bits per heavy atom. The van der Waals surface area contributed by atoms with Crippen LogP contribution in [0.4, 0.5) is 0 Å². The Balaban J connectivity index is 1.77. The highest BCUT2D eigenvalue weighted by atomic mass is 32.2. The SMILES string of the molecule is OC(Cc1ccccn1)C1CSc2ccccc21. The Morgan fingerprint density at radius 3 is 2.89 bits per heavy atom. The van der Waals surface area contributed by atoms with Crippen LogP contribution < -0.4 is 0 Å². The van der Waals surface area contributed by atoms with E-state index in [1.807, 2.05) is 36.0 Å². The molecule has 2 heterocycles. The van der Waals surface area contributed by atoms with Gasteiger partial charge in [0.2, 0.25) is 0 Å². The summed E-state index contributed by atoms with van der Waals surface area (Å²) >= 11 is 1.83. The maximum absolute atomic E-state index is 10.4. The molecule has 0 spiro atoms. The average Bonchev–Trinajstić information content (AvgIpc) is 2.84. The van der Waals surface area contributed by atoms with Crippen molar-refractivity contribution in [2.75, 3.05) is 5.75 Å². The van der Waals surface area contributed by atoms with Crippen LogP contribution in [0.1, 0.15) is 17.2 Å². The molecule has 1 aliphatic heterocycles. The van der Waals surface area contributed by atoms with Gasteiger partial charge in [-0.3, -0.25) is 4.98 Å². The van der Waals surface area contributed by atoms with Crippen molar-refractivity contribution in [3.05, 3.63) is 59.9 Å². The van der Waals surface area contributed by atoms with Gasteiger partial charge in [0.25, 0.3) is 0 Å². The number of fused-ring (bicyclic) bond motifs is 1. The molecule has 18 heavy (non-hydrogen) atoms. The van der Waals surface area contributed by atoms with Gasteiger partial charge in [0.1, 0.15) is 0 Å². The molecule has 2 atom stereocenters. The van der Waals surface area contributed by atoms with Crippen molar-refractivity contribution < 1.29 is 5.11 Å². The summed E-state index contributed by atoms with van der Waals surface area (Å²) in [7, 11) is 0. The minimum absolute atomic E-state index is 0.230. The fourth-order valence-corrected chi connectivity index (χ4v) is 3.70. The van der Waals surface area contributed by atoms with Crippen molar-refractivity contribution in [2.24, 2.45) is 0 Å². The normalized spacial score (nSPS) is 19.5. The second-order valence-electron chi connectivity index (χ2n) is 4.55. The number of hydrogen-bond donors (Lipinski definition) is 1. The Morgan fingerprint density at radius 2 is 2.06 bits per heavy atom. The summed E-state index contributed by atoms with van der Waals surface area (Å²) < 4.78 is 0. The largest absolute Gasteiger partial charge is 0.392 e. The van der Waals surface area contributed by atoms with Crippen LogP contribution in [-0.4, -0.2) is 21.9 Å². The number of aromatic nitrogens is 1. The van der Waals surface area contributed by atoms with E-state index in [4.69, 9.17) is 0 Å². The van der Waals surface area contributed by atoms with E-state index in [2.05, 4.69) is 23.2 Å². The quantitative estimate of drug-likeness (QED) is 0.918. The zero-order valence-electron chi connectivity index (χ0n) is 9.99. The lowest BCUT2D eigenvalue weighted by Gasteiger charge is -2.18. The Hall–Kier alpha value is -1.32. The highest BCUT2D eigenvalue weighted by Crippen LogP contribution is 2.41. The summed E-state index contributed by atoms with van der Waals surface area (Å²) in [5.74, 6) is 1.20. The van der Waals surface area contributed by atoms with E-state index >= 15 is 0 Å². The summed E-state index contributed by atoms with van der Waals surface area (Å²) in [6, 6.07) is 14.2. The Kier molecular flexibility index (Phi) is 3.35. The third kappa shape index (κ3) is 2.28. The first-order valence-corrected chi connectivity index (χ1v) is 7.13. The molecule has 0 saturated heterocycles. The lowest BCUT2D eigenvalue weighted by atomic mass is 9.92. The van der Waals surface area contributed by atoms with Crippen molar-refractivity contribution in [2.45, 2.75) is 23.3 Å². The molecule has 3 rings (SSSR count). The number of aliphatic hydroxyl groups is 1. The highest BCUT2D eigenvalue weighted by molar-refractivity contribution is 7.99. The van der Waals surface area contributed by atoms with Gasteiger partial charge >= 0.3 is 0 Å². The first kappa shape index (κ1) is 11.8. The topological polar surface area (TPSA) is 33.1 Å². The molecule has 2 nitrogen and oxygen atoms in total. The van der Waals surface area contributed by atoms with E-state index in [9.17, 15) is 5.11 Å². The molecule has 1 aromatic carbocycles. The van der Waals surface area contributed by atoms with Crippen molar-refractivity contribution in [3.63, 3.8) is 0 Å². The number of benzene rings is 1. The minimum atomic E-state index is -0.351. The molecule has 1 aliphatic rings. The first-order chi connectivity index (χ1) is 8.84. The number of rotatable bonds is 3. The van der Waals surface area contributed by atoms with E-state index < -0.39 is 0 Å². The van der Waals surface area contributed by atoms with Crippen LogP contribution in [0.5, 0.6) is 0 Å². The van der Waals surface area contributed by atoms with Gasteiger partial charge in [0, 0.05) is 34.9 Å². The van der Waals surface area contributed by atoms with Crippen LogP contribution >= 0.6 is 11.8 Å². The van der Waals surface area contributed by atoms with Gasteiger partial charge in [-0.2, -0.15) is 0 Å². The molecule has 3 heteroatoms. The number of nitrogens with zero attached hydrogens (tertiary/aromatic N) is 1. The summed E-state index contributed by atoms with van der Waals surface area (Å²) in [6.07, 6.45) is 2.05. The van der Waals surface area contributed by atoms with E-state index in [1.165, 1.54) is 10.5 Å². The van der Waals surface area contributed by atoms with Crippen LogP contribution in [0.15, 0.2) is 53.6 Å². The molecule has 0 amide bonds. The molecule has 1 aromatic heterocycles. The van der Waals surface area contributed by atoms with E-state index in [0.29, 0.717) is 6.42 Å². The summed E-state index contributed by atoms with van der Waals surface area (Å²) in [4.78, 5) is 5.59. The zero-order valence-corrected chi connectivity index (χ0v) is 10.8. The van der Waals surface area contributed by atoms with Crippen molar-refractivity contribution in [1.29, 1.82) is 0 Å². The monoisotopic (exact) mass is 257 g/mol. The Labute approximate surface area is 111 Å². The van der Waals surface area contributed by atoms with E-state index in [-0.39, 0.29) is 12.0 Å². The lowest BCUT2D eigenvalue weighted by Crippen LogP contribution is -2.21. The Bertz CT molecular complexity index is 529. The van der Waals surface area contributed by atoms with Crippen molar-refractivity contribution in [1.82, 2.24) is 4.98 Å². The van der Waals surface area contributed by atoms with Gasteiger partial charge < -0.3 is 5.11 Å². The molecule has 0 fully saturated rings. The number of pyridine rings is 1. The fourth-order valence-electron chi connectivity index (χ4n) is 2.38. The van der Waals surface area contributed by atoms with Gasteiger partial charge in [-0.05, 0) is 23.8 Å². The van der Waals surface area contributed by atoms with Gasteiger partial charge in [-0.25, -0.2) is 0 Å². The smallest absolute Gasteiger partial charge is 0.0672 e. The maximum Gasteiger partial charge on any atom is 0.0672 e. The molecule has 0 aliphatic carbocycles. The molecule has 1 N–H and O–H groups in total.